The van der Waals surface area contributed by atoms with Gasteiger partial charge in [-0.1, -0.05) is 12.1 Å². The predicted octanol–water partition coefficient (Wildman–Crippen LogP) is 0.703. The lowest BCUT2D eigenvalue weighted by Gasteiger charge is -2.23. The molecule has 2 aliphatic rings. The zero-order chi connectivity index (χ0) is 21.9. The smallest absolute Gasteiger partial charge is 0.229 e. The van der Waals surface area contributed by atoms with E-state index >= 15 is 0 Å². The molecule has 0 radical (unpaired) electrons. The molecule has 1 aromatic carbocycles. The van der Waals surface area contributed by atoms with Gasteiger partial charge in [-0.2, -0.15) is 9.97 Å². The SMILES string of the molecule is CNC(=O)[C@]12C[C@H]1[C@@H](n1cnc3c(NCc4ccc(N)cc4)nc(Cl)nc31)[C@H](O)[C@@H]2O. The molecule has 10 nitrogen and oxygen atoms in total. The summed E-state index contributed by atoms with van der Waals surface area (Å²) in [4.78, 5) is 25.4. The summed E-state index contributed by atoms with van der Waals surface area (Å²) in [5, 5.41) is 27.2. The Hall–Kier alpha value is -2.95. The molecule has 2 aliphatic carbocycles. The molecule has 0 spiro atoms. The Morgan fingerprint density at radius 2 is 2.06 bits per heavy atom. The van der Waals surface area contributed by atoms with E-state index in [0.717, 1.165) is 5.56 Å². The molecule has 6 N–H and O–H groups in total. The summed E-state index contributed by atoms with van der Waals surface area (Å²) in [6, 6.07) is 6.89. The summed E-state index contributed by atoms with van der Waals surface area (Å²) < 4.78 is 1.69. The second-order valence-corrected chi connectivity index (χ2v) is 8.45. The number of benzene rings is 1. The largest absolute Gasteiger partial charge is 0.399 e. The van der Waals surface area contributed by atoms with Crippen LogP contribution in [0, 0.1) is 11.3 Å². The highest BCUT2D eigenvalue weighted by Crippen LogP contribution is 2.67. The van der Waals surface area contributed by atoms with Gasteiger partial charge < -0.3 is 31.1 Å². The van der Waals surface area contributed by atoms with E-state index < -0.39 is 23.7 Å². The van der Waals surface area contributed by atoms with E-state index in [1.54, 1.807) is 10.9 Å². The van der Waals surface area contributed by atoms with Gasteiger partial charge in [0.1, 0.15) is 6.10 Å². The van der Waals surface area contributed by atoms with Crippen LogP contribution in [-0.4, -0.2) is 54.9 Å². The number of nitrogens with zero attached hydrogens (tertiary/aromatic N) is 4. The van der Waals surface area contributed by atoms with E-state index in [9.17, 15) is 15.0 Å². The van der Waals surface area contributed by atoms with Crippen molar-refractivity contribution >= 4 is 40.2 Å². The number of aliphatic hydroxyl groups excluding tert-OH is 2. The number of aromatic nitrogens is 4. The molecule has 2 saturated carbocycles. The average molecular weight is 444 g/mol. The first-order valence-electron chi connectivity index (χ1n) is 9.93. The molecule has 5 atom stereocenters. The summed E-state index contributed by atoms with van der Waals surface area (Å²) >= 11 is 6.18. The molecule has 2 aromatic heterocycles. The molecule has 2 heterocycles. The van der Waals surface area contributed by atoms with Crippen LogP contribution >= 0.6 is 11.6 Å². The van der Waals surface area contributed by atoms with E-state index in [2.05, 4.69) is 25.6 Å². The van der Waals surface area contributed by atoms with Crippen molar-refractivity contribution < 1.29 is 15.0 Å². The van der Waals surface area contributed by atoms with E-state index in [0.29, 0.717) is 35.6 Å². The van der Waals surface area contributed by atoms with Crippen molar-refractivity contribution in [2.75, 3.05) is 18.1 Å². The van der Waals surface area contributed by atoms with Gasteiger partial charge >= 0.3 is 0 Å². The first-order valence-corrected chi connectivity index (χ1v) is 10.3. The third-order valence-corrected chi connectivity index (χ3v) is 6.65. The number of amides is 1. The van der Waals surface area contributed by atoms with Crippen molar-refractivity contribution in [3.8, 4) is 0 Å². The summed E-state index contributed by atoms with van der Waals surface area (Å²) in [5.74, 6) is -0.0452. The Bertz CT molecular complexity index is 1170. The zero-order valence-corrected chi connectivity index (χ0v) is 17.4. The van der Waals surface area contributed by atoms with Crippen LogP contribution in [0.2, 0.25) is 5.28 Å². The third kappa shape index (κ3) is 2.93. The van der Waals surface area contributed by atoms with Crippen LogP contribution < -0.4 is 16.4 Å². The summed E-state index contributed by atoms with van der Waals surface area (Å²) in [6.07, 6.45) is -0.270. The molecule has 5 rings (SSSR count). The van der Waals surface area contributed by atoms with E-state index in [4.69, 9.17) is 17.3 Å². The van der Waals surface area contributed by atoms with Gasteiger partial charge in [-0.15, -0.1) is 0 Å². The van der Waals surface area contributed by atoms with E-state index in [1.165, 1.54) is 7.05 Å². The van der Waals surface area contributed by atoms with Gasteiger partial charge in [-0.25, -0.2) is 4.98 Å². The number of rotatable bonds is 5. The predicted molar refractivity (Wildman–Crippen MR) is 114 cm³/mol. The summed E-state index contributed by atoms with van der Waals surface area (Å²) in [5.41, 5.74) is 7.34. The van der Waals surface area contributed by atoms with Crippen LogP contribution in [-0.2, 0) is 11.3 Å². The van der Waals surface area contributed by atoms with Crippen molar-refractivity contribution in [3.05, 3.63) is 41.4 Å². The van der Waals surface area contributed by atoms with E-state index in [-0.39, 0.29) is 17.1 Å². The van der Waals surface area contributed by atoms with Crippen LogP contribution in [0.3, 0.4) is 0 Å². The number of aliphatic hydroxyl groups is 2. The molecule has 162 valence electrons. The molecular formula is C20H22ClN7O3. The number of nitrogens with two attached hydrogens (primary N) is 1. The fourth-order valence-electron chi connectivity index (χ4n) is 4.84. The quantitative estimate of drug-likeness (QED) is 0.285. The minimum Gasteiger partial charge on any atom is -0.399 e. The van der Waals surface area contributed by atoms with Gasteiger partial charge in [0, 0.05) is 25.2 Å². The summed E-state index contributed by atoms with van der Waals surface area (Å²) in [7, 11) is 1.53. The van der Waals surface area contributed by atoms with Crippen LogP contribution in [0.15, 0.2) is 30.6 Å². The molecule has 2 fully saturated rings. The molecule has 0 saturated heterocycles. The number of anilines is 2. The molecule has 0 bridgehead atoms. The molecule has 1 amide bonds. The Kier molecular flexibility index (Phi) is 4.54. The molecular weight excluding hydrogens is 422 g/mol. The number of fused-ring (bicyclic) bond motifs is 2. The minimum absolute atomic E-state index is 0.0236. The molecule has 11 heteroatoms. The second-order valence-electron chi connectivity index (χ2n) is 8.12. The number of hydrogen-bond acceptors (Lipinski definition) is 8. The molecule has 3 aromatic rings. The second kappa shape index (κ2) is 7.04. The number of nitrogen functional groups attached to an aromatic ring is 1. The third-order valence-electron chi connectivity index (χ3n) is 6.48. The Balaban J connectivity index is 1.48. The van der Waals surface area contributed by atoms with Crippen molar-refractivity contribution in [2.45, 2.75) is 31.2 Å². The van der Waals surface area contributed by atoms with Gasteiger partial charge in [0.2, 0.25) is 11.2 Å². The Labute approximate surface area is 182 Å². The number of carbonyl (C=O) groups excluding carboxylic acids is 1. The highest BCUT2D eigenvalue weighted by atomic mass is 35.5. The van der Waals surface area contributed by atoms with Crippen molar-refractivity contribution in [2.24, 2.45) is 11.3 Å². The normalized spacial score (nSPS) is 29.0. The number of hydrogen-bond donors (Lipinski definition) is 5. The van der Waals surface area contributed by atoms with Crippen molar-refractivity contribution in [1.29, 1.82) is 0 Å². The van der Waals surface area contributed by atoms with Gasteiger partial charge in [-0.3, -0.25) is 4.79 Å². The number of carbonyl (C=O) groups is 1. The highest BCUT2D eigenvalue weighted by molar-refractivity contribution is 6.28. The fraction of sp³-hybridized carbons (Fsp3) is 0.400. The number of halogens is 1. The lowest BCUT2D eigenvalue weighted by Crippen LogP contribution is -2.41. The van der Waals surface area contributed by atoms with Crippen LogP contribution in [0.1, 0.15) is 18.0 Å². The van der Waals surface area contributed by atoms with Gasteiger partial charge in [-0.05, 0) is 35.7 Å². The standard InChI is InChI=1S/C20H22ClN7O3/c1-23-18(31)20-6-11(20)13(14(29)15(20)30)28-8-25-12-16(26-19(21)27-17(12)28)24-7-9-2-4-10(22)5-3-9/h2-5,8,11,13-15,29-30H,6-7,22H2,1H3,(H,23,31)(H,24,26,27)/t11-,13+,14-,15-,20+/m0/s1. The van der Waals surface area contributed by atoms with E-state index in [1.807, 2.05) is 24.3 Å². The molecule has 0 unspecified atom stereocenters. The molecule has 31 heavy (non-hydrogen) atoms. The number of imidazole rings is 1. The van der Waals surface area contributed by atoms with Gasteiger partial charge in [0.15, 0.2) is 17.0 Å². The maximum Gasteiger partial charge on any atom is 0.229 e. The average Bonchev–Trinajstić information content (AvgIpc) is 3.30. The monoisotopic (exact) mass is 443 g/mol. The number of nitrogens with one attached hydrogen (secondary N) is 2. The maximum absolute atomic E-state index is 12.4. The zero-order valence-electron chi connectivity index (χ0n) is 16.7. The van der Waals surface area contributed by atoms with Crippen molar-refractivity contribution in [1.82, 2.24) is 24.8 Å². The summed E-state index contributed by atoms with van der Waals surface area (Å²) in [6.45, 7) is 0.475. The topological polar surface area (TPSA) is 151 Å². The first kappa shape index (κ1) is 20.0. The van der Waals surface area contributed by atoms with Crippen LogP contribution in [0.25, 0.3) is 11.2 Å². The Morgan fingerprint density at radius 3 is 2.77 bits per heavy atom. The fourth-order valence-corrected chi connectivity index (χ4v) is 5.00. The maximum atomic E-state index is 12.4. The Morgan fingerprint density at radius 1 is 1.32 bits per heavy atom. The highest BCUT2D eigenvalue weighted by Gasteiger charge is 2.75. The van der Waals surface area contributed by atoms with Crippen LogP contribution in [0.5, 0.6) is 0 Å². The van der Waals surface area contributed by atoms with Crippen LogP contribution in [0.4, 0.5) is 11.5 Å². The van der Waals surface area contributed by atoms with Crippen molar-refractivity contribution in [3.63, 3.8) is 0 Å². The minimum atomic E-state index is -1.17. The molecule has 0 aliphatic heterocycles. The van der Waals surface area contributed by atoms with Gasteiger partial charge in [0.25, 0.3) is 0 Å². The lowest BCUT2D eigenvalue weighted by atomic mass is 9.98. The first-order chi connectivity index (χ1) is 14.9. The lowest BCUT2D eigenvalue weighted by molar-refractivity contribution is -0.132. The van der Waals surface area contributed by atoms with Gasteiger partial charge in [0.05, 0.1) is 23.9 Å².